The van der Waals surface area contributed by atoms with Gasteiger partial charge in [0, 0.05) is 6.92 Å². The minimum atomic E-state index is 1.20. The van der Waals surface area contributed by atoms with Gasteiger partial charge in [0.1, 0.15) is 12.4 Å². The molecule has 1 aromatic rings. The summed E-state index contributed by atoms with van der Waals surface area (Å²) in [6.07, 6.45) is 47.9. The number of hydrogen-bond donors (Lipinski definition) is 0. The predicted octanol–water partition coefficient (Wildman–Crippen LogP) is 12.8. The molecule has 2 heteroatoms. The summed E-state index contributed by atoms with van der Waals surface area (Å²) >= 11 is 0. The summed E-state index contributed by atoms with van der Waals surface area (Å²) in [5, 5.41) is 0. The molecule has 0 aromatic carbocycles. The van der Waals surface area contributed by atoms with Crippen molar-refractivity contribution in [3.05, 3.63) is 18.2 Å². The Bertz CT molecular complexity index is 568. The van der Waals surface area contributed by atoms with Gasteiger partial charge in [-0.15, -0.1) is 0 Å². The van der Waals surface area contributed by atoms with Gasteiger partial charge in [-0.2, -0.15) is 0 Å². The van der Waals surface area contributed by atoms with Crippen LogP contribution >= 0.6 is 0 Å². The maximum Gasteiger partial charge on any atom is 0.253 e. The number of aryl methyl sites for hydroxylation is 2. The highest BCUT2D eigenvalue weighted by atomic mass is 15.1. The molecule has 0 aliphatic heterocycles. The molecule has 0 unspecified atom stereocenters. The van der Waals surface area contributed by atoms with E-state index in [9.17, 15) is 0 Å². The molecule has 0 saturated heterocycles. The van der Waals surface area contributed by atoms with Gasteiger partial charge in [-0.1, -0.05) is 181 Å². The average molecular weight is 560 g/mol. The quantitative estimate of drug-likeness (QED) is 0.0613. The van der Waals surface area contributed by atoms with E-state index in [1.807, 2.05) is 0 Å². The van der Waals surface area contributed by atoms with Crippen LogP contribution in [0, 0.1) is 6.92 Å². The molecule has 236 valence electrons. The molecule has 0 atom stereocenters. The van der Waals surface area contributed by atoms with E-state index in [0.717, 1.165) is 0 Å². The standard InChI is InChI=1S/C38H75N2/c1-4-6-8-10-12-14-16-18-20-22-24-26-28-30-32-34-39-36-37-40(38(39)3)35-33-31-29-27-25-23-21-19-17-15-13-11-9-7-5-2/h36-37H,4-35H2,1-3H3/q+1. The van der Waals surface area contributed by atoms with Gasteiger partial charge in [-0.3, -0.25) is 0 Å². The summed E-state index contributed by atoms with van der Waals surface area (Å²) in [6, 6.07) is 0. The van der Waals surface area contributed by atoms with Gasteiger partial charge in [0.2, 0.25) is 0 Å². The molecular formula is C38H75N2+. The van der Waals surface area contributed by atoms with Gasteiger partial charge < -0.3 is 0 Å². The van der Waals surface area contributed by atoms with Crippen LogP contribution in [0.1, 0.15) is 212 Å². The molecule has 40 heavy (non-hydrogen) atoms. The average Bonchev–Trinajstić information content (AvgIpc) is 3.31. The molecular weight excluding hydrogens is 484 g/mol. The molecule has 0 amide bonds. The van der Waals surface area contributed by atoms with E-state index in [0.29, 0.717) is 0 Å². The fourth-order valence-corrected chi connectivity index (χ4v) is 6.32. The summed E-state index contributed by atoms with van der Waals surface area (Å²) in [7, 11) is 0. The highest BCUT2D eigenvalue weighted by Crippen LogP contribution is 2.15. The van der Waals surface area contributed by atoms with Gasteiger partial charge in [0.05, 0.1) is 13.1 Å². The first-order valence-electron chi connectivity index (χ1n) is 18.8. The minimum Gasteiger partial charge on any atom is -0.234 e. The Morgan fingerprint density at radius 2 is 0.725 bits per heavy atom. The van der Waals surface area contributed by atoms with E-state index in [1.54, 1.807) is 0 Å². The van der Waals surface area contributed by atoms with E-state index >= 15 is 0 Å². The zero-order chi connectivity index (χ0) is 28.8. The first-order chi connectivity index (χ1) is 19.8. The van der Waals surface area contributed by atoms with Gasteiger partial charge >= 0.3 is 0 Å². The van der Waals surface area contributed by atoms with E-state index in [-0.39, 0.29) is 0 Å². The lowest BCUT2D eigenvalue weighted by atomic mass is 10.0. The zero-order valence-electron chi connectivity index (χ0n) is 28.2. The van der Waals surface area contributed by atoms with Crippen molar-refractivity contribution in [1.82, 2.24) is 4.57 Å². The monoisotopic (exact) mass is 560 g/mol. The van der Waals surface area contributed by atoms with Crippen LogP contribution in [0.15, 0.2) is 12.4 Å². The Hall–Kier alpha value is -0.790. The maximum atomic E-state index is 2.49. The van der Waals surface area contributed by atoms with Crippen molar-refractivity contribution in [1.29, 1.82) is 0 Å². The van der Waals surface area contributed by atoms with Gasteiger partial charge in [0.15, 0.2) is 0 Å². The first-order valence-corrected chi connectivity index (χ1v) is 18.8. The van der Waals surface area contributed by atoms with Gasteiger partial charge in [0.25, 0.3) is 5.82 Å². The topological polar surface area (TPSA) is 8.81 Å². The molecule has 0 aliphatic carbocycles. The first kappa shape index (κ1) is 37.2. The summed E-state index contributed by atoms with van der Waals surface area (Å²) < 4.78 is 4.99. The third-order valence-electron chi connectivity index (χ3n) is 9.26. The Morgan fingerprint density at radius 1 is 0.425 bits per heavy atom. The third kappa shape index (κ3) is 22.8. The normalized spacial score (nSPS) is 11.6. The second-order valence-electron chi connectivity index (χ2n) is 13.1. The second kappa shape index (κ2) is 29.7. The van der Waals surface area contributed by atoms with E-state index < -0.39 is 0 Å². The fourth-order valence-electron chi connectivity index (χ4n) is 6.32. The summed E-state index contributed by atoms with van der Waals surface area (Å²) in [6.45, 7) is 9.34. The lowest BCUT2D eigenvalue weighted by Gasteiger charge is -2.04. The van der Waals surface area contributed by atoms with Crippen LogP contribution in [0.5, 0.6) is 0 Å². The van der Waals surface area contributed by atoms with E-state index in [1.165, 1.54) is 212 Å². The lowest BCUT2D eigenvalue weighted by molar-refractivity contribution is -0.702. The van der Waals surface area contributed by atoms with Crippen molar-refractivity contribution in [2.75, 3.05) is 0 Å². The van der Waals surface area contributed by atoms with Crippen LogP contribution in [-0.2, 0) is 13.1 Å². The molecule has 2 nitrogen and oxygen atoms in total. The van der Waals surface area contributed by atoms with Crippen LogP contribution < -0.4 is 4.57 Å². The number of hydrogen-bond acceptors (Lipinski definition) is 0. The Kier molecular flexibility index (Phi) is 27.6. The SMILES string of the molecule is CCCCCCCCCCCCCCCCCn1cc[n+](CCCCCCCCCCCCCCCCC)c1C. The summed E-state index contributed by atoms with van der Waals surface area (Å²) in [5.41, 5.74) is 0. The van der Waals surface area contributed by atoms with E-state index in [4.69, 9.17) is 0 Å². The summed E-state index contributed by atoms with van der Waals surface area (Å²) in [4.78, 5) is 0. The van der Waals surface area contributed by atoms with E-state index in [2.05, 4.69) is 42.3 Å². The van der Waals surface area contributed by atoms with Crippen LogP contribution in [0.2, 0.25) is 0 Å². The maximum absolute atomic E-state index is 2.49. The molecule has 0 aliphatic rings. The molecule has 0 spiro atoms. The van der Waals surface area contributed by atoms with Crippen molar-refractivity contribution >= 4 is 0 Å². The molecule has 1 heterocycles. The molecule has 1 aromatic heterocycles. The summed E-state index contributed by atoms with van der Waals surface area (Å²) in [5.74, 6) is 1.45. The fraction of sp³-hybridized carbons (Fsp3) is 0.921. The second-order valence-corrected chi connectivity index (χ2v) is 13.1. The highest BCUT2D eigenvalue weighted by molar-refractivity contribution is 4.79. The Labute approximate surface area is 253 Å². The largest absolute Gasteiger partial charge is 0.253 e. The molecule has 0 bridgehead atoms. The van der Waals surface area contributed by atoms with Gasteiger partial charge in [-0.25, -0.2) is 9.13 Å². The molecule has 0 saturated carbocycles. The van der Waals surface area contributed by atoms with Gasteiger partial charge in [-0.05, 0) is 25.7 Å². The van der Waals surface area contributed by atoms with Crippen molar-refractivity contribution in [3.63, 3.8) is 0 Å². The van der Waals surface area contributed by atoms with Crippen molar-refractivity contribution in [3.8, 4) is 0 Å². The molecule has 0 fully saturated rings. The minimum absolute atomic E-state index is 1.20. The number of aromatic nitrogens is 2. The van der Waals surface area contributed by atoms with Crippen molar-refractivity contribution in [2.24, 2.45) is 0 Å². The number of unbranched alkanes of at least 4 members (excludes halogenated alkanes) is 28. The van der Waals surface area contributed by atoms with Crippen molar-refractivity contribution in [2.45, 2.75) is 226 Å². The van der Waals surface area contributed by atoms with Crippen LogP contribution in [0.25, 0.3) is 0 Å². The number of imidazole rings is 1. The Balaban J connectivity index is 1.86. The smallest absolute Gasteiger partial charge is 0.234 e. The number of rotatable bonds is 32. The molecule has 0 radical (unpaired) electrons. The van der Waals surface area contributed by atoms with Crippen LogP contribution in [-0.4, -0.2) is 4.57 Å². The van der Waals surface area contributed by atoms with Crippen LogP contribution in [0.4, 0.5) is 0 Å². The van der Waals surface area contributed by atoms with Crippen molar-refractivity contribution < 1.29 is 4.57 Å². The third-order valence-corrected chi connectivity index (χ3v) is 9.26. The predicted molar refractivity (Wildman–Crippen MR) is 179 cm³/mol. The molecule has 0 N–H and O–H groups in total. The molecule has 1 rings (SSSR count). The number of nitrogens with zero attached hydrogens (tertiary/aromatic N) is 2. The zero-order valence-corrected chi connectivity index (χ0v) is 28.2. The highest BCUT2D eigenvalue weighted by Gasteiger charge is 2.11. The van der Waals surface area contributed by atoms with Crippen LogP contribution in [0.3, 0.4) is 0 Å². The Morgan fingerprint density at radius 3 is 1.07 bits per heavy atom. The lowest BCUT2D eigenvalue weighted by Crippen LogP contribution is -2.35.